The van der Waals surface area contributed by atoms with Gasteiger partial charge in [-0.15, -0.1) is 0 Å². The Morgan fingerprint density at radius 2 is 1.64 bits per heavy atom. The smallest absolute Gasteiger partial charge is 0.166 e. The van der Waals surface area contributed by atoms with Crippen LogP contribution in [0.2, 0.25) is 0 Å². The number of nitrogens with zero attached hydrogens (tertiary/aromatic N) is 1. The van der Waals surface area contributed by atoms with Gasteiger partial charge in [0.15, 0.2) is 5.78 Å². The summed E-state index contributed by atoms with van der Waals surface area (Å²) in [6.07, 6.45) is 4.60. The van der Waals surface area contributed by atoms with Gasteiger partial charge in [0.25, 0.3) is 0 Å². The molecule has 0 radical (unpaired) electrons. The fraction of sp³-hybridized carbons (Fsp3) is 0.450. The molecule has 2 aliphatic rings. The molecular weight excluding hydrogens is 270 g/mol. The van der Waals surface area contributed by atoms with Gasteiger partial charge in [0.1, 0.15) is 0 Å². The molecule has 0 saturated carbocycles. The van der Waals surface area contributed by atoms with E-state index in [1.165, 1.54) is 23.8 Å². The van der Waals surface area contributed by atoms with E-state index in [4.69, 9.17) is 0 Å². The maximum absolute atomic E-state index is 13.1. The average molecular weight is 293 g/mol. The molecule has 2 heteroatoms. The monoisotopic (exact) mass is 293 g/mol. The minimum absolute atomic E-state index is 0.208. The number of Topliss-reactive ketones (excluding diaryl/α,β-unsaturated/α-hetero) is 1. The molecule has 0 spiro atoms. The first kappa shape index (κ1) is 14.0. The zero-order chi connectivity index (χ0) is 15.3. The maximum Gasteiger partial charge on any atom is 0.166 e. The van der Waals surface area contributed by atoms with Crippen molar-refractivity contribution in [1.82, 2.24) is 4.90 Å². The third-order valence-corrected chi connectivity index (χ3v) is 5.88. The Bertz CT molecular complexity index is 722. The van der Waals surface area contributed by atoms with Gasteiger partial charge in [-0.05, 0) is 56.0 Å². The molecule has 0 amide bonds. The van der Waals surface area contributed by atoms with E-state index in [1.54, 1.807) is 0 Å². The molecule has 2 aromatic rings. The molecule has 2 aliphatic heterocycles. The number of benzene rings is 2. The summed E-state index contributed by atoms with van der Waals surface area (Å²) in [5.41, 5.74) is 2.17. The molecular formula is C20H23NO. The predicted octanol–water partition coefficient (Wildman–Crippen LogP) is 4.20. The summed E-state index contributed by atoms with van der Waals surface area (Å²) in [5, 5.41) is 2.34. The molecule has 22 heavy (non-hydrogen) atoms. The fourth-order valence-electron chi connectivity index (χ4n) is 4.51. The number of hydrogen-bond donors (Lipinski definition) is 0. The normalized spacial score (nSPS) is 28.2. The lowest BCUT2D eigenvalue weighted by molar-refractivity contribution is 0.0769. The Hall–Kier alpha value is -1.67. The van der Waals surface area contributed by atoms with Crippen molar-refractivity contribution in [3.05, 3.63) is 47.5 Å². The van der Waals surface area contributed by atoms with Crippen molar-refractivity contribution in [2.45, 2.75) is 44.7 Å². The molecule has 2 bridgehead atoms. The number of hydrogen-bond acceptors (Lipinski definition) is 2. The van der Waals surface area contributed by atoms with E-state index in [2.05, 4.69) is 43.1 Å². The molecule has 2 saturated heterocycles. The molecule has 0 aliphatic carbocycles. The third kappa shape index (κ3) is 2.09. The van der Waals surface area contributed by atoms with E-state index in [0.29, 0.717) is 17.9 Å². The maximum atomic E-state index is 13.1. The lowest BCUT2D eigenvalue weighted by Crippen LogP contribution is -2.42. The molecule has 2 heterocycles. The molecule has 2 fully saturated rings. The zero-order valence-electron chi connectivity index (χ0n) is 13.4. The van der Waals surface area contributed by atoms with Crippen LogP contribution < -0.4 is 0 Å². The van der Waals surface area contributed by atoms with Crippen molar-refractivity contribution in [2.75, 3.05) is 7.05 Å². The van der Waals surface area contributed by atoms with Gasteiger partial charge in [0.2, 0.25) is 0 Å². The largest absolute Gasteiger partial charge is 0.300 e. The first-order chi connectivity index (χ1) is 10.6. The fourth-order valence-corrected chi connectivity index (χ4v) is 4.51. The summed E-state index contributed by atoms with van der Waals surface area (Å²) in [6.45, 7) is 2.12. The number of carbonyl (C=O) groups is 1. The second kappa shape index (κ2) is 5.20. The predicted molar refractivity (Wildman–Crippen MR) is 90.3 cm³/mol. The van der Waals surface area contributed by atoms with Crippen molar-refractivity contribution in [2.24, 2.45) is 5.92 Å². The van der Waals surface area contributed by atoms with Crippen molar-refractivity contribution in [3.8, 4) is 0 Å². The van der Waals surface area contributed by atoms with Gasteiger partial charge < -0.3 is 4.90 Å². The van der Waals surface area contributed by atoms with Crippen LogP contribution in [0.5, 0.6) is 0 Å². The number of rotatable bonds is 2. The molecule has 2 nitrogen and oxygen atoms in total. The average Bonchev–Trinajstić information content (AvgIpc) is 2.76. The van der Waals surface area contributed by atoms with E-state index in [1.807, 2.05) is 12.1 Å². The molecule has 0 N–H and O–H groups in total. The van der Waals surface area contributed by atoms with Gasteiger partial charge in [-0.3, -0.25) is 4.79 Å². The molecule has 0 aromatic heterocycles. The minimum Gasteiger partial charge on any atom is -0.300 e. The SMILES string of the molecule is Cc1ccc(C(=O)C2CC3CCC(C2)N3C)c2ccccc12. The first-order valence-corrected chi connectivity index (χ1v) is 8.39. The van der Waals surface area contributed by atoms with Crippen LogP contribution in [-0.2, 0) is 0 Å². The quantitative estimate of drug-likeness (QED) is 0.773. The second-order valence-electron chi connectivity index (χ2n) is 7.06. The van der Waals surface area contributed by atoms with Gasteiger partial charge in [0.05, 0.1) is 0 Å². The standard InChI is InChI=1S/C20H23NO/c1-13-7-10-19(18-6-4-3-5-17(13)18)20(22)14-11-15-8-9-16(12-14)21(15)2/h3-7,10,14-16H,8-9,11-12H2,1-2H3. The lowest BCUT2D eigenvalue weighted by Gasteiger charge is -2.35. The second-order valence-corrected chi connectivity index (χ2v) is 7.06. The van der Waals surface area contributed by atoms with Crippen LogP contribution in [0.25, 0.3) is 10.8 Å². The number of carbonyl (C=O) groups excluding carboxylic acids is 1. The minimum atomic E-state index is 0.208. The van der Waals surface area contributed by atoms with E-state index in [-0.39, 0.29) is 5.92 Å². The van der Waals surface area contributed by atoms with Crippen LogP contribution in [0.3, 0.4) is 0 Å². The van der Waals surface area contributed by atoms with Crippen LogP contribution in [0, 0.1) is 12.8 Å². The Morgan fingerprint density at radius 3 is 2.32 bits per heavy atom. The summed E-state index contributed by atoms with van der Waals surface area (Å²) >= 11 is 0. The Morgan fingerprint density at radius 1 is 1.00 bits per heavy atom. The molecule has 2 atom stereocenters. The highest BCUT2D eigenvalue weighted by atomic mass is 16.1. The number of ketones is 1. The van der Waals surface area contributed by atoms with E-state index < -0.39 is 0 Å². The molecule has 2 aromatic carbocycles. The summed E-state index contributed by atoms with van der Waals surface area (Å²) in [6, 6.07) is 13.7. The topological polar surface area (TPSA) is 20.3 Å². The highest BCUT2D eigenvalue weighted by molar-refractivity contribution is 6.09. The summed E-state index contributed by atoms with van der Waals surface area (Å²) in [5.74, 6) is 0.570. The molecule has 114 valence electrons. The molecule has 2 unspecified atom stereocenters. The summed E-state index contributed by atoms with van der Waals surface area (Å²) in [7, 11) is 2.23. The Labute approximate surface area is 132 Å². The van der Waals surface area contributed by atoms with Crippen molar-refractivity contribution < 1.29 is 4.79 Å². The van der Waals surface area contributed by atoms with Gasteiger partial charge in [-0.25, -0.2) is 0 Å². The zero-order valence-corrected chi connectivity index (χ0v) is 13.4. The van der Waals surface area contributed by atoms with Crippen LogP contribution in [0.4, 0.5) is 0 Å². The van der Waals surface area contributed by atoms with Gasteiger partial charge in [-0.1, -0.05) is 36.4 Å². The Kier molecular flexibility index (Phi) is 3.30. The van der Waals surface area contributed by atoms with E-state index in [9.17, 15) is 4.79 Å². The number of piperidine rings is 1. The number of fused-ring (bicyclic) bond motifs is 3. The highest BCUT2D eigenvalue weighted by Crippen LogP contribution is 2.39. The van der Waals surface area contributed by atoms with E-state index >= 15 is 0 Å². The van der Waals surface area contributed by atoms with Gasteiger partial charge >= 0.3 is 0 Å². The first-order valence-electron chi connectivity index (χ1n) is 8.39. The Balaban J connectivity index is 1.71. The third-order valence-electron chi connectivity index (χ3n) is 5.88. The van der Waals surface area contributed by atoms with Crippen molar-refractivity contribution in [3.63, 3.8) is 0 Å². The summed E-state index contributed by atoms with van der Waals surface area (Å²) < 4.78 is 0. The molecule has 4 rings (SSSR count). The van der Waals surface area contributed by atoms with Crippen molar-refractivity contribution >= 4 is 16.6 Å². The van der Waals surface area contributed by atoms with Crippen LogP contribution in [0.1, 0.15) is 41.6 Å². The highest BCUT2D eigenvalue weighted by Gasteiger charge is 2.41. The van der Waals surface area contributed by atoms with Crippen molar-refractivity contribution in [1.29, 1.82) is 0 Å². The lowest BCUT2D eigenvalue weighted by atomic mass is 9.83. The van der Waals surface area contributed by atoms with Gasteiger partial charge in [-0.2, -0.15) is 0 Å². The van der Waals surface area contributed by atoms with Crippen LogP contribution >= 0.6 is 0 Å². The van der Waals surface area contributed by atoms with E-state index in [0.717, 1.165) is 23.8 Å². The van der Waals surface area contributed by atoms with Gasteiger partial charge in [0, 0.05) is 23.6 Å². The van der Waals surface area contributed by atoms with Crippen LogP contribution in [-0.4, -0.2) is 29.8 Å². The summed E-state index contributed by atoms with van der Waals surface area (Å²) in [4.78, 5) is 15.6. The number of aryl methyl sites for hydroxylation is 1. The van der Waals surface area contributed by atoms with Crippen LogP contribution in [0.15, 0.2) is 36.4 Å².